The smallest absolute Gasteiger partial charge is 0.341 e. The number of benzene rings is 2. The molecule has 9 heteroatoms. The highest BCUT2D eigenvalue weighted by atomic mass is 35.5. The normalized spacial score (nSPS) is 16.2. The van der Waals surface area contributed by atoms with Gasteiger partial charge in [-0.3, -0.25) is 9.59 Å². The van der Waals surface area contributed by atoms with Crippen LogP contribution in [0.25, 0.3) is 6.08 Å². The van der Waals surface area contributed by atoms with Crippen molar-refractivity contribution in [2.75, 3.05) is 6.61 Å². The zero-order chi connectivity index (χ0) is 20.1. The Labute approximate surface area is 169 Å². The number of carbonyl (C=O) groups is 3. The summed E-state index contributed by atoms with van der Waals surface area (Å²) >= 11 is 7.12. The van der Waals surface area contributed by atoms with Crippen LogP contribution in [-0.4, -0.2) is 34.7 Å². The van der Waals surface area contributed by atoms with Gasteiger partial charge in [-0.1, -0.05) is 35.9 Å². The van der Waals surface area contributed by atoms with Gasteiger partial charge in [0.2, 0.25) is 0 Å². The number of aliphatic carboxylic acids is 1. The molecule has 0 atom stereocenters. The van der Waals surface area contributed by atoms with Crippen LogP contribution in [0.3, 0.4) is 0 Å². The lowest BCUT2D eigenvalue weighted by molar-refractivity contribution is -0.139. The van der Waals surface area contributed by atoms with Gasteiger partial charge < -0.3 is 15.2 Å². The number of carboxylic acid groups (broad SMARTS) is 1. The number of rotatable bonds is 5. The van der Waals surface area contributed by atoms with Crippen molar-refractivity contribution in [2.45, 2.75) is 0 Å². The van der Waals surface area contributed by atoms with E-state index in [0.29, 0.717) is 16.0 Å². The van der Waals surface area contributed by atoms with Gasteiger partial charge in [-0.05, 0) is 47.7 Å². The zero-order valence-corrected chi connectivity index (χ0v) is 15.8. The van der Waals surface area contributed by atoms with Crippen LogP contribution in [-0.2, 0) is 9.59 Å². The van der Waals surface area contributed by atoms with Gasteiger partial charge in [0.15, 0.2) is 11.8 Å². The van der Waals surface area contributed by atoms with Gasteiger partial charge >= 0.3 is 5.97 Å². The van der Waals surface area contributed by atoms with Crippen LogP contribution in [0.5, 0.6) is 5.75 Å². The molecule has 2 amide bonds. The van der Waals surface area contributed by atoms with E-state index < -0.39 is 18.5 Å². The standard InChI is InChI=1S/C19H13ClN2O5S/c20-13-8-11(6-7-14(13)27-10-16(23)24)9-15-18(26)22-19(28-15)21-17(25)12-4-2-1-3-5-12/h1-9H,10H2,(H,23,24)(H,21,22,25,26)/b15-9-. The molecule has 0 radical (unpaired) electrons. The number of amidine groups is 1. The molecular formula is C19H13ClN2O5S. The molecule has 1 aliphatic heterocycles. The minimum Gasteiger partial charge on any atom is -0.480 e. The Morgan fingerprint density at radius 3 is 2.64 bits per heavy atom. The maximum atomic E-state index is 12.1. The Kier molecular flexibility index (Phi) is 6.13. The van der Waals surface area contributed by atoms with Crippen molar-refractivity contribution < 1.29 is 24.2 Å². The molecule has 2 N–H and O–H groups in total. The molecule has 1 saturated heterocycles. The van der Waals surface area contributed by atoms with Crippen molar-refractivity contribution in [3.63, 3.8) is 0 Å². The third kappa shape index (κ3) is 4.99. The molecule has 0 aromatic heterocycles. The van der Waals surface area contributed by atoms with Crippen LogP contribution in [0.4, 0.5) is 0 Å². The van der Waals surface area contributed by atoms with E-state index >= 15 is 0 Å². The molecule has 2 aromatic rings. The third-order valence-corrected chi connectivity index (χ3v) is 4.68. The highest BCUT2D eigenvalue weighted by molar-refractivity contribution is 8.18. The number of halogens is 1. The number of thioether (sulfide) groups is 1. The molecule has 0 aliphatic carbocycles. The van der Waals surface area contributed by atoms with Crippen molar-refractivity contribution in [3.8, 4) is 5.75 Å². The molecule has 1 fully saturated rings. The second-order valence-electron chi connectivity index (χ2n) is 5.53. The van der Waals surface area contributed by atoms with Crippen molar-refractivity contribution in [2.24, 2.45) is 4.99 Å². The fourth-order valence-corrected chi connectivity index (χ4v) is 3.30. The minimum absolute atomic E-state index is 0.192. The van der Waals surface area contributed by atoms with E-state index in [-0.39, 0.29) is 21.8 Å². The first-order valence-corrected chi connectivity index (χ1v) is 9.15. The van der Waals surface area contributed by atoms with Crippen LogP contribution < -0.4 is 10.1 Å². The summed E-state index contributed by atoms with van der Waals surface area (Å²) < 4.78 is 5.05. The first-order valence-electron chi connectivity index (χ1n) is 7.95. The van der Waals surface area contributed by atoms with Gasteiger partial charge in [0, 0.05) is 5.56 Å². The van der Waals surface area contributed by atoms with Crippen LogP contribution >= 0.6 is 23.4 Å². The fraction of sp³-hybridized carbons (Fsp3) is 0.0526. The summed E-state index contributed by atoms with van der Waals surface area (Å²) in [6.07, 6.45) is 1.59. The molecule has 0 bridgehead atoms. The summed E-state index contributed by atoms with van der Waals surface area (Å²) in [5.74, 6) is -1.72. The monoisotopic (exact) mass is 416 g/mol. The Morgan fingerprint density at radius 1 is 1.21 bits per heavy atom. The van der Waals surface area contributed by atoms with E-state index in [9.17, 15) is 14.4 Å². The molecule has 2 aromatic carbocycles. The number of hydrogen-bond donors (Lipinski definition) is 2. The summed E-state index contributed by atoms with van der Waals surface area (Å²) in [5, 5.41) is 11.6. The molecule has 7 nitrogen and oxygen atoms in total. The van der Waals surface area contributed by atoms with Crippen LogP contribution in [0.1, 0.15) is 15.9 Å². The zero-order valence-electron chi connectivity index (χ0n) is 14.2. The SMILES string of the molecule is O=C(O)COc1ccc(/C=C2\SC(=NC(=O)c3ccccc3)NC2=O)cc1Cl. The predicted molar refractivity (Wildman–Crippen MR) is 107 cm³/mol. The van der Waals surface area contributed by atoms with Gasteiger partial charge in [0.1, 0.15) is 5.75 Å². The Hall–Kier alpha value is -3.10. The van der Waals surface area contributed by atoms with Gasteiger partial charge in [0.05, 0.1) is 9.93 Å². The van der Waals surface area contributed by atoms with Gasteiger partial charge in [-0.2, -0.15) is 4.99 Å². The molecule has 28 heavy (non-hydrogen) atoms. The topological polar surface area (TPSA) is 105 Å². The summed E-state index contributed by atoms with van der Waals surface area (Å²) in [4.78, 5) is 39.1. The van der Waals surface area contributed by atoms with E-state index in [1.54, 1.807) is 48.5 Å². The Bertz CT molecular complexity index is 1000. The lowest BCUT2D eigenvalue weighted by atomic mass is 10.2. The van der Waals surface area contributed by atoms with E-state index in [1.807, 2.05) is 0 Å². The van der Waals surface area contributed by atoms with E-state index in [2.05, 4.69) is 10.3 Å². The quantitative estimate of drug-likeness (QED) is 0.725. The van der Waals surface area contributed by atoms with E-state index in [0.717, 1.165) is 11.8 Å². The van der Waals surface area contributed by atoms with Crippen LogP contribution in [0, 0.1) is 0 Å². The average molecular weight is 417 g/mol. The molecule has 142 valence electrons. The molecule has 3 rings (SSSR count). The van der Waals surface area contributed by atoms with Gasteiger partial charge in [-0.15, -0.1) is 0 Å². The van der Waals surface area contributed by atoms with Crippen LogP contribution in [0.15, 0.2) is 58.4 Å². The van der Waals surface area contributed by atoms with Crippen molar-refractivity contribution in [3.05, 3.63) is 69.6 Å². The number of nitrogens with zero attached hydrogens (tertiary/aromatic N) is 1. The fourth-order valence-electron chi connectivity index (χ4n) is 2.23. The number of hydrogen-bond acceptors (Lipinski definition) is 5. The number of carboxylic acids is 1. The maximum Gasteiger partial charge on any atom is 0.341 e. The van der Waals surface area contributed by atoms with Crippen molar-refractivity contribution in [1.29, 1.82) is 0 Å². The third-order valence-electron chi connectivity index (χ3n) is 3.48. The van der Waals surface area contributed by atoms with Crippen molar-refractivity contribution in [1.82, 2.24) is 5.32 Å². The Balaban J connectivity index is 1.74. The number of aliphatic imine (C=N–C) groups is 1. The number of ether oxygens (including phenoxy) is 1. The highest BCUT2D eigenvalue weighted by Crippen LogP contribution is 2.30. The first kappa shape index (κ1) is 19.7. The van der Waals surface area contributed by atoms with E-state index in [1.165, 1.54) is 6.07 Å². The van der Waals surface area contributed by atoms with E-state index in [4.69, 9.17) is 21.4 Å². The number of nitrogens with one attached hydrogen (secondary N) is 1. The molecule has 0 saturated carbocycles. The average Bonchev–Trinajstić information content (AvgIpc) is 3.00. The lowest BCUT2D eigenvalue weighted by Gasteiger charge is -2.06. The second-order valence-corrected chi connectivity index (χ2v) is 6.96. The maximum absolute atomic E-state index is 12.1. The molecule has 0 unspecified atom stereocenters. The lowest BCUT2D eigenvalue weighted by Crippen LogP contribution is -2.20. The number of amides is 2. The molecule has 1 aliphatic rings. The highest BCUT2D eigenvalue weighted by Gasteiger charge is 2.25. The molecular weight excluding hydrogens is 404 g/mol. The summed E-state index contributed by atoms with van der Waals surface area (Å²) in [6, 6.07) is 13.2. The van der Waals surface area contributed by atoms with Crippen molar-refractivity contribution >= 4 is 52.4 Å². The predicted octanol–water partition coefficient (Wildman–Crippen LogP) is 3.20. The minimum atomic E-state index is -1.11. The first-order chi connectivity index (χ1) is 13.4. The summed E-state index contributed by atoms with van der Waals surface area (Å²) in [7, 11) is 0. The Morgan fingerprint density at radius 2 is 1.96 bits per heavy atom. The van der Waals surface area contributed by atoms with Crippen LogP contribution in [0.2, 0.25) is 5.02 Å². The van der Waals surface area contributed by atoms with Gasteiger partial charge in [0.25, 0.3) is 11.8 Å². The summed E-state index contributed by atoms with van der Waals surface area (Å²) in [5.41, 5.74) is 1.03. The number of carbonyl (C=O) groups excluding carboxylic acids is 2. The molecule has 1 heterocycles. The van der Waals surface area contributed by atoms with Gasteiger partial charge in [-0.25, -0.2) is 4.79 Å². The summed E-state index contributed by atoms with van der Waals surface area (Å²) in [6.45, 7) is -0.506. The second kappa shape index (κ2) is 8.73. The molecule has 0 spiro atoms. The largest absolute Gasteiger partial charge is 0.480 e.